The van der Waals surface area contributed by atoms with Gasteiger partial charge in [-0.25, -0.2) is 0 Å². The number of benzene rings is 2. The van der Waals surface area contributed by atoms with Crippen molar-refractivity contribution in [3.8, 4) is 0 Å². The number of carbonyl (C=O) groups excluding carboxylic acids is 3. The van der Waals surface area contributed by atoms with Gasteiger partial charge >= 0.3 is 285 Å². The number of halogens is 1. The van der Waals surface area contributed by atoms with Gasteiger partial charge in [-0.15, -0.1) is 0 Å². The molecule has 2 heterocycles. The average molecular weight is 810 g/mol. The molecule has 3 unspecified atom stereocenters. The predicted molar refractivity (Wildman–Crippen MR) is 185 cm³/mol. The van der Waals surface area contributed by atoms with E-state index in [-0.39, 0.29) is 53.5 Å². The molecule has 1 spiro atoms. The monoisotopic (exact) mass is 809 g/mol. The quantitative estimate of drug-likeness (QED) is 0.173. The summed E-state index contributed by atoms with van der Waals surface area (Å²) in [7, 11) is 0. The first-order chi connectivity index (χ1) is 24.4. The molecule has 0 N–H and O–H groups in total. The van der Waals surface area contributed by atoms with E-state index in [0.29, 0.717) is 28.9 Å². The Labute approximate surface area is 312 Å². The fourth-order valence-electron chi connectivity index (χ4n) is 11.4. The van der Waals surface area contributed by atoms with Crippen molar-refractivity contribution >= 4 is 17.9 Å². The van der Waals surface area contributed by atoms with E-state index in [1.165, 1.54) is 12.5 Å². The summed E-state index contributed by atoms with van der Waals surface area (Å²) < 4.78 is 31.8. The SMILES string of the molecule is CC(=O)O[C@H]1CC[C@@]2(C)C(CCC3C4=C[C@@H]5O[C@]6(CC[C@@](C)([I-]OC(=O)c7ccccc7)O6)[C@@H](C)[C@@H]5[C@@]4(C)[C@H](OC(=O)c4ccccc4)CC32)C1. The second kappa shape index (κ2) is 13.0. The summed E-state index contributed by atoms with van der Waals surface area (Å²) in [6, 6.07) is 18.4. The first-order valence-electron chi connectivity index (χ1n) is 18.8. The maximum atomic E-state index is 13.9. The molecule has 9 heteroatoms. The number of carbonyl (C=O) groups is 3. The van der Waals surface area contributed by atoms with Gasteiger partial charge in [-0.2, -0.15) is 0 Å². The molecule has 51 heavy (non-hydrogen) atoms. The van der Waals surface area contributed by atoms with Gasteiger partial charge in [-0.05, 0) is 0 Å². The van der Waals surface area contributed by atoms with Crippen molar-refractivity contribution < 1.29 is 58.0 Å². The number of esters is 2. The van der Waals surface area contributed by atoms with Crippen LogP contribution in [0.4, 0.5) is 0 Å². The molecule has 2 saturated heterocycles. The number of hydrogen-bond acceptors (Lipinski definition) is 8. The van der Waals surface area contributed by atoms with Crippen LogP contribution in [-0.2, 0) is 26.8 Å². The van der Waals surface area contributed by atoms with Crippen molar-refractivity contribution in [3.63, 3.8) is 0 Å². The van der Waals surface area contributed by atoms with Crippen molar-refractivity contribution in [2.75, 3.05) is 0 Å². The number of rotatable bonds is 6. The summed E-state index contributed by atoms with van der Waals surface area (Å²) in [5.74, 6) is -0.311. The Morgan fingerprint density at radius 3 is 2.20 bits per heavy atom. The van der Waals surface area contributed by atoms with Crippen LogP contribution in [0.3, 0.4) is 0 Å². The number of ether oxygens (including phenoxy) is 4. The zero-order chi connectivity index (χ0) is 35.8. The van der Waals surface area contributed by atoms with E-state index in [2.05, 4.69) is 33.8 Å². The molecule has 5 fully saturated rings. The van der Waals surface area contributed by atoms with Crippen molar-refractivity contribution in [1.29, 1.82) is 0 Å². The normalized spacial score (nSPS) is 42.3. The Kier molecular flexibility index (Phi) is 8.97. The van der Waals surface area contributed by atoms with Crippen molar-refractivity contribution in [3.05, 3.63) is 83.4 Å². The van der Waals surface area contributed by atoms with Crippen LogP contribution in [0, 0.1) is 40.4 Å². The second-order valence-electron chi connectivity index (χ2n) is 16.6. The summed E-state index contributed by atoms with van der Waals surface area (Å²) in [5.41, 5.74) is 2.14. The van der Waals surface area contributed by atoms with Gasteiger partial charge in [-0.1, -0.05) is 6.07 Å². The minimum absolute atomic E-state index is 0.0189. The first kappa shape index (κ1) is 35.3. The number of hydrogen-bond donors (Lipinski definition) is 0. The second-order valence-corrected chi connectivity index (χ2v) is 19.8. The van der Waals surface area contributed by atoms with E-state index in [9.17, 15) is 14.4 Å². The van der Waals surface area contributed by atoms with Crippen LogP contribution < -0.4 is 21.6 Å². The summed E-state index contributed by atoms with van der Waals surface area (Å²) in [6.07, 6.45) is 9.10. The molecule has 8 nitrogen and oxygen atoms in total. The predicted octanol–water partition coefficient (Wildman–Crippen LogP) is 5.06. The third-order valence-corrected chi connectivity index (χ3v) is 16.3. The van der Waals surface area contributed by atoms with E-state index in [1.54, 1.807) is 12.1 Å². The Bertz CT molecular complexity index is 1710. The van der Waals surface area contributed by atoms with E-state index in [4.69, 9.17) is 22.0 Å². The molecule has 0 bridgehead atoms. The number of alkyl halides is 1. The molecule has 0 aromatic heterocycles. The third-order valence-electron chi connectivity index (χ3n) is 13.9. The van der Waals surface area contributed by atoms with Gasteiger partial charge in [0.1, 0.15) is 6.10 Å². The van der Waals surface area contributed by atoms with Crippen LogP contribution in [0.15, 0.2) is 72.3 Å². The van der Waals surface area contributed by atoms with E-state index in [1.807, 2.05) is 48.5 Å². The zero-order valence-electron chi connectivity index (χ0n) is 30.3. The fraction of sp³-hybridized carbons (Fsp3) is 0.595. The molecule has 6 aliphatic rings. The Morgan fingerprint density at radius 2 is 1.51 bits per heavy atom. The van der Waals surface area contributed by atoms with Gasteiger partial charge in [0, 0.05) is 6.92 Å². The molecule has 0 radical (unpaired) electrons. The molecular formula is C42H50IO8-. The van der Waals surface area contributed by atoms with Crippen LogP contribution >= 0.6 is 0 Å². The fourth-order valence-corrected chi connectivity index (χ4v) is 13.3. The van der Waals surface area contributed by atoms with Gasteiger partial charge in [0.25, 0.3) is 0 Å². The molecule has 4 aliphatic carbocycles. The molecule has 12 atom stereocenters. The standard InChI is InChI=1S/C42H50IO8/c1-25-36-34(49-42(25)21-20-40(4,51-42)43-50-38(46)28-14-10-7-11-15-28)23-33-31-17-16-29-22-30(47-26(2)44)18-19-39(29,3)32(31)24-35(41(33,36)5)48-37(45)27-12-8-6-9-13-27/h6-15,23,25,29-32,34-36H,16-22,24H2,1-5H3/q-1/t25-,29?,30-,31?,32?,34-,35+,36-,39-,40-,41+,42-/m0/s1. The summed E-state index contributed by atoms with van der Waals surface area (Å²) >= 11 is -1.08. The Hall–Kier alpha value is -2.76. The number of fused-ring (bicyclic) bond motifs is 7. The molecule has 3 saturated carbocycles. The van der Waals surface area contributed by atoms with E-state index in [0.717, 1.165) is 51.4 Å². The topological polar surface area (TPSA) is 97.4 Å². The first-order valence-corrected chi connectivity index (χ1v) is 20.8. The van der Waals surface area contributed by atoms with Crippen LogP contribution in [-0.4, -0.2) is 45.6 Å². The zero-order valence-corrected chi connectivity index (χ0v) is 32.4. The molecule has 2 aliphatic heterocycles. The van der Waals surface area contributed by atoms with Crippen LogP contribution in [0.5, 0.6) is 0 Å². The van der Waals surface area contributed by atoms with Crippen LogP contribution in [0.25, 0.3) is 0 Å². The summed E-state index contributed by atoms with van der Waals surface area (Å²) in [6.45, 7) is 10.6. The van der Waals surface area contributed by atoms with E-state index >= 15 is 0 Å². The van der Waals surface area contributed by atoms with Gasteiger partial charge < -0.3 is 4.74 Å². The summed E-state index contributed by atoms with van der Waals surface area (Å²) in [4.78, 5) is 38.6. The molecule has 8 rings (SSSR count). The van der Waals surface area contributed by atoms with Crippen molar-refractivity contribution in [1.82, 2.24) is 0 Å². The van der Waals surface area contributed by atoms with E-state index < -0.39 is 36.4 Å². The molecule has 0 amide bonds. The Balaban J connectivity index is 1.08. The maximum absolute atomic E-state index is 13.9. The third kappa shape index (κ3) is 5.88. The van der Waals surface area contributed by atoms with Gasteiger partial charge in [0.15, 0.2) is 0 Å². The van der Waals surface area contributed by atoms with Crippen LogP contribution in [0.2, 0.25) is 0 Å². The van der Waals surface area contributed by atoms with Gasteiger partial charge in [0.05, 0.1) is 0 Å². The van der Waals surface area contributed by atoms with Gasteiger partial charge in [-0.3, -0.25) is 4.79 Å². The minimum atomic E-state index is -1.08. The van der Waals surface area contributed by atoms with Gasteiger partial charge in [0.2, 0.25) is 0 Å². The Morgan fingerprint density at radius 1 is 0.824 bits per heavy atom. The average Bonchev–Trinajstić information content (AvgIpc) is 3.72. The summed E-state index contributed by atoms with van der Waals surface area (Å²) in [5, 5.41) is 0. The van der Waals surface area contributed by atoms with Crippen molar-refractivity contribution in [2.24, 2.45) is 40.4 Å². The molecule has 2 aromatic carbocycles. The molecule has 274 valence electrons. The van der Waals surface area contributed by atoms with Crippen molar-refractivity contribution in [2.45, 2.75) is 114 Å². The molecular weight excluding hydrogens is 759 g/mol. The molecule has 2 aromatic rings. The van der Waals surface area contributed by atoms with Crippen LogP contribution in [0.1, 0.15) is 107 Å².